The van der Waals surface area contributed by atoms with Gasteiger partial charge in [0.2, 0.25) is 5.88 Å². The number of halogens is 1. The maximum Gasteiger partial charge on any atom is 0.281 e. The molecule has 5 aromatic rings. The number of nitrogens with zero attached hydrogens (tertiary/aromatic N) is 5. The van der Waals surface area contributed by atoms with Crippen LogP contribution in [0.2, 0.25) is 0 Å². The number of carbonyl (C=O) groups excluding carboxylic acids is 1. The fourth-order valence-corrected chi connectivity index (χ4v) is 3.74. The standard InChI is InChI=1S/C26H21FN6O5/c1-3-37-22-13-33(18-5-4-15(27)10-14(18)2)32-25(22)26(36)29-23-6-7-24(31-30-23)38-21-8-9-28-17-12-20(35)19(34)11-16(17)21/h4-13,34-35H,3H2,1-2H3,(H,29,30,36). The van der Waals surface area contributed by atoms with Crippen molar-refractivity contribution < 1.29 is 28.9 Å². The van der Waals surface area contributed by atoms with Gasteiger partial charge in [0.1, 0.15) is 11.6 Å². The smallest absolute Gasteiger partial charge is 0.281 e. The Hall–Kier alpha value is -5.26. The number of fused-ring (bicyclic) bond motifs is 1. The van der Waals surface area contributed by atoms with Gasteiger partial charge < -0.3 is 25.0 Å². The molecule has 5 rings (SSSR count). The lowest BCUT2D eigenvalue weighted by Crippen LogP contribution is -2.15. The minimum absolute atomic E-state index is 0.0176. The molecule has 0 bridgehead atoms. The Morgan fingerprint density at radius 1 is 1.05 bits per heavy atom. The molecule has 2 aromatic carbocycles. The number of ether oxygens (including phenoxy) is 2. The van der Waals surface area contributed by atoms with Crippen LogP contribution in [0.15, 0.2) is 60.9 Å². The zero-order valence-corrected chi connectivity index (χ0v) is 20.2. The number of hydrogen-bond acceptors (Lipinski definition) is 9. The van der Waals surface area contributed by atoms with Crippen molar-refractivity contribution in [2.45, 2.75) is 13.8 Å². The van der Waals surface area contributed by atoms with Crippen LogP contribution in [0.4, 0.5) is 10.2 Å². The van der Waals surface area contributed by atoms with Gasteiger partial charge in [0.05, 0.1) is 24.0 Å². The van der Waals surface area contributed by atoms with Gasteiger partial charge in [-0.3, -0.25) is 9.78 Å². The quantitative estimate of drug-likeness (QED) is 0.266. The molecular weight excluding hydrogens is 495 g/mol. The number of carbonyl (C=O) groups is 1. The fraction of sp³-hybridized carbons (Fsp3) is 0.115. The van der Waals surface area contributed by atoms with E-state index >= 15 is 0 Å². The highest BCUT2D eigenvalue weighted by Crippen LogP contribution is 2.35. The van der Waals surface area contributed by atoms with E-state index in [0.29, 0.717) is 34.5 Å². The number of amides is 1. The van der Waals surface area contributed by atoms with Crippen LogP contribution in [-0.4, -0.2) is 47.7 Å². The fourth-order valence-electron chi connectivity index (χ4n) is 3.74. The molecule has 11 nitrogen and oxygen atoms in total. The van der Waals surface area contributed by atoms with Gasteiger partial charge in [0.25, 0.3) is 5.91 Å². The highest BCUT2D eigenvalue weighted by molar-refractivity contribution is 6.04. The van der Waals surface area contributed by atoms with Crippen LogP contribution in [0.3, 0.4) is 0 Å². The Labute approximate surface area is 215 Å². The molecule has 1 amide bonds. The van der Waals surface area contributed by atoms with Crippen LogP contribution < -0.4 is 14.8 Å². The van der Waals surface area contributed by atoms with Gasteiger partial charge in [-0.2, -0.15) is 5.10 Å². The number of aryl methyl sites for hydroxylation is 1. The molecule has 0 spiro atoms. The number of anilines is 1. The molecule has 3 aromatic heterocycles. The van der Waals surface area contributed by atoms with E-state index in [0.717, 1.165) is 0 Å². The molecule has 192 valence electrons. The minimum Gasteiger partial charge on any atom is -0.504 e. The lowest BCUT2D eigenvalue weighted by atomic mass is 10.2. The largest absolute Gasteiger partial charge is 0.504 e. The molecule has 3 heterocycles. The van der Waals surface area contributed by atoms with Crippen LogP contribution in [0.5, 0.6) is 28.9 Å². The van der Waals surface area contributed by atoms with Gasteiger partial charge in [0.15, 0.2) is 28.8 Å². The number of aromatic hydroxyl groups is 2. The monoisotopic (exact) mass is 516 g/mol. The minimum atomic E-state index is -0.578. The number of pyridine rings is 1. The topological polar surface area (TPSA) is 145 Å². The lowest BCUT2D eigenvalue weighted by molar-refractivity contribution is 0.101. The number of aromatic nitrogens is 5. The van der Waals surface area contributed by atoms with Gasteiger partial charge in [-0.15, -0.1) is 10.2 Å². The van der Waals surface area contributed by atoms with Crippen molar-refractivity contribution in [2.24, 2.45) is 0 Å². The molecule has 0 aliphatic rings. The summed E-state index contributed by atoms with van der Waals surface area (Å²) in [5.74, 6) is -0.726. The summed E-state index contributed by atoms with van der Waals surface area (Å²) in [6, 6.07) is 11.5. The van der Waals surface area contributed by atoms with Gasteiger partial charge in [0, 0.05) is 23.7 Å². The summed E-state index contributed by atoms with van der Waals surface area (Å²) in [6.07, 6.45) is 3.04. The molecule has 0 unspecified atom stereocenters. The van der Waals surface area contributed by atoms with Crippen molar-refractivity contribution in [3.8, 4) is 34.6 Å². The second-order valence-corrected chi connectivity index (χ2v) is 8.13. The van der Waals surface area contributed by atoms with Crippen molar-refractivity contribution in [3.05, 3.63) is 78.0 Å². The first-order valence-electron chi connectivity index (χ1n) is 11.4. The summed E-state index contributed by atoms with van der Waals surface area (Å²) in [5, 5.41) is 34.9. The summed E-state index contributed by atoms with van der Waals surface area (Å²) >= 11 is 0. The third-order valence-corrected chi connectivity index (χ3v) is 5.50. The maximum atomic E-state index is 13.5. The van der Waals surface area contributed by atoms with E-state index in [1.54, 1.807) is 32.2 Å². The molecular formula is C26H21FN6O5. The highest BCUT2D eigenvalue weighted by atomic mass is 19.1. The van der Waals surface area contributed by atoms with Crippen molar-refractivity contribution in [1.82, 2.24) is 25.0 Å². The van der Waals surface area contributed by atoms with E-state index in [2.05, 4.69) is 25.6 Å². The van der Waals surface area contributed by atoms with Crippen LogP contribution in [0, 0.1) is 12.7 Å². The van der Waals surface area contributed by atoms with E-state index in [9.17, 15) is 19.4 Å². The van der Waals surface area contributed by atoms with Gasteiger partial charge in [-0.05, 0) is 55.8 Å². The average molecular weight is 516 g/mol. The Bertz CT molecular complexity index is 1650. The van der Waals surface area contributed by atoms with Crippen LogP contribution in [0.25, 0.3) is 16.6 Å². The third kappa shape index (κ3) is 4.87. The van der Waals surface area contributed by atoms with E-state index in [4.69, 9.17) is 9.47 Å². The van der Waals surface area contributed by atoms with Crippen molar-refractivity contribution in [1.29, 1.82) is 0 Å². The van der Waals surface area contributed by atoms with Gasteiger partial charge >= 0.3 is 0 Å². The Balaban J connectivity index is 1.35. The first kappa shape index (κ1) is 24.4. The number of rotatable bonds is 7. The zero-order valence-electron chi connectivity index (χ0n) is 20.2. The van der Waals surface area contributed by atoms with Gasteiger partial charge in [-0.25, -0.2) is 9.07 Å². The van der Waals surface area contributed by atoms with E-state index < -0.39 is 5.91 Å². The second-order valence-electron chi connectivity index (χ2n) is 8.13. The molecule has 0 saturated carbocycles. The second kappa shape index (κ2) is 10.0. The Morgan fingerprint density at radius 3 is 2.61 bits per heavy atom. The summed E-state index contributed by atoms with van der Waals surface area (Å²) in [7, 11) is 0. The molecule has 0 saturated heterocycles. The number of hydrogen-bond donors (Lipinski definition) is 3. The average Bonchev–Trinajstić information content (AvgIpc) is 3.30. The number of benzene rings is 2. The van der Waals surface area contributed by atoms with E-state index in [1.165, 1.54) is 47.3 Å². The highest BCUT2D eigenvalue weighted by Gasteiger charge is 2.20. The summed E-state index contributed by atoms with van der Waals surface area (Å²) in [6.45, 7) is 3.82. The molecule has 0 aliphatic carbocycles. The van der Waals surface area contributed by atoms with Crippen molar-refractivity contribution >= 4 is 22.6 Å². The molecule has 38 heavy (non-hydrogen) atoms. The van der Waals surface area contributed by atoms with E-state index in [-0.39, 0.29) is 40.5 Å². The summed E-state index contributed by atoms with van der Waals surface area (Å²) in [5.41, 5.74) is 1.66. The number of phenols is 2. The SMILES string of the molecule is CCOc1cn(-c2ccc(F)cc2C)nc1C(=O)Nc1ccc(Oc2ccnc3cc(O)c(O)cc23)nn1. The predicted octanol–water partition coefficient (Wildman–Crippen LogP) is 4.51. The van der Waals surface area contributed by atoms with Crippen LogP contribution >= 0.6 is 0 Å². The Kier molecular flexibility index (Phi) is 6.44. The third-order valence-electron chi connectivity index (χ3n) is 5.50. The molecule has 0 radical (unpaired) electrons. The van der Waals surface area contributed by atoms with Crippen molar-refractivity contribution in [3.63, 3.8) is 0 Å². The number of phenolic OH excluding ortho intramolecular Hbond substituents is 2. The normalized spacial score (nSPS) is 10.9. The molecule has 12 heteroatoms. The van der Waals surface area contributed by atoms with Crippen LogP contribution in [0.1, 0.15) is 23.0 Å². The molecule has 0 atom stereocenters. The molecule has 3 N–H and O–H groups in total. The predicted molar refractivity (Wildman–Crippen MR) is 135 cm³/mol. The lowest BCUT2D eigenvalue weighted by Gasteiger charge is -2.09. The maximum absolute atomic E-state index is 13.5. The molecule has 0 fully saturated rings. The van der Waals surface area contributed by atoms with E-state index in [1.807, 2.05) is 0 Å². The van der Waals surface area contributed by atoms with Crippen molar-refractivity contribution in [2.75, 3.05) is 11.9 Å². The van der Waals surface area contributed by atoms with Crippen LogP contribution in [-0.2, 0) is 0 Å². The van der Waals surface area contributed by atoms with Gasteiger partial charge in [-0.1, -0.05) is 0 Å². The molecule has 0 aliphatic heterocycles. The number of nitrogens with one attached hydrogen (secondary N) is 1. The Morgan fingerprint density at radius 2 is 1.87 bits per heavy atom. The first-order valence-corrected chi connectivity index (χ1v) is 11.4. The zero-order chi connectivity index (χ0) is 26.8. The summed E-state index contributed by atoms with van der Waals surface area (Å²) < 4.78 is 26.3. The summed E-state index contributed by atoms with van der Waals surface area (Å²) in [4.78, 5) is 17.1. The first-order chi connectivity index (χ1) is 18.3.